The van der Waals surface area contributed by atoms with Gasteiger partial charge in [0.15, 0.2) is 0 Å². The molecule has 2 aromatic carbocycles. The van der Waals surface area contributed by atoms with Crippen molar-refractivity contribution in [2.45, 2.75) is 50.6 Å². The lowest BCUT2D eigenvalue weighted by Crippen LogP contribution is -2.22. The van der Waals surface area contributed by atoms with Gasteiger partial charge in [-0.15, -0.1) is 16.4 Å². The Morgan fingerprint density at radius 2 is 1.90 bits per heavy atom. The largest absolute Gasteiger partial charge is 0.434 e. The van der Waals surface area contributed by atoms with Gasteiger partial charge in [0.2, 0.25) is 0 Å². The summed E-state index contributed by atoms with van der Waals surface area (Å²) in [5, 5.41) is 11.2. The Hall–Kier alpha value is -4.94. The number of H-pyrrole nitrogens is 1. The van der Waals surface area contributed by atoms with Crippen LogP contribution in [0.15, 0.2) is 63.9 Å². The molecule has 246 valence electrons. The van der Waals surface area contributed by atoms with Gasteiger partial charge in [0, 0.05) is 23.2 Å². The molecule has 4 aromatic heterocycles. The van der Waals surface area contributed by atoms with E-state index < -0.39 is 11.6 Å². The summed E-state index contributed by atoms with van der Waals surface area (Å²) in [6.07, 6.45) is 5.78. The van der Waals surface area contributed by atoms with Crippen molar-refractivity contribution in [2.75, 3.05) is 11.9 Å². The first-order valence-electron chi connectivity index (χ1n) is 16.1. The van der Waals surface area contributed by atoms with Crippen molar-refractivity contribution in [3.63, 3.8) is 0 Å². The normalized spacial score (nSPS) is 17.9. The summed E-state index contributed by atoms with van der Waals surface area (Å²) >= 11 is 7.78. The molecule has 9 nitrogen and oxygen atoms in total. The number of aromatic nitrogens is 4. The minimum Gasteiger partial charge on any atom is -0.388 e. The lowest BCUT2D eigenvalue weighted by molar-refractivity contribution is 0.0776. The molecular formula is C36H27ClF2N6O3S. The summed E-state index contributed by atoms with van der Waals surface area (Å²) in [5.41, 5.74) is 5.61. The second-order valence-electron chi connectivity index (χ2n) is 12.6. The third kappa shape index (κ3) is 4.95. The van der Waals surface area contributed by atoms with Crippen molar-refractivity contribution in [3.05, 3.63) is 116 Å². The average molecular weight is 697 g/mol. The summed E-state index contributed by atoms with van der Waals surface area (Å²) in [6.45, 7) is 0.637. The molecule has 6 aromatic rings. The molecule has 1 unspecified atom stereocenters. The number of fused-ring (bicyclic) bond motifs is 5. The van der Waals surface area contributed by atoms with Crippen molar-refractivity contribution in [3.8, 4) is 21.9 Å². The molecular weight excluding hydrogens is 670 g/mol. The van der Waals surface area contributed by atoms with Crippen LogP contribution in [0.3, 0.4) is 0 Å². The number of carbonyl (C=O) groups excluding carboxylic acids is 1. The Labute approximate surface area is 287 Å². The number of aryl methyl sites for hydroxylation is 2. The SMILES string of the molecule is O=C1c2c(nc(CCc3ccc(F)cc3)c(-c3n[nH]c(=O)o3)c2-c2cc3ccnc(N[C@@H]4CCc5c4ccc(F)c5Cl)c3s2)C2CCCN12. The van der Waals surface area contributed by atoms with Gasteiger partial charge < -0.3 is 14.6 Å². The molecule has 3 aliphatic rings. The van der Waals surface area contributed by atoms with Crippen molar-refractivity contribution in [2.24, 2.45) is 0 Å². The molecule has 2 N–H and O–H groups in total. The Kier molecular flexibility index (Phi) is 7.13. The number of amides is 1. The molecule has 0 saturated carbocycles. The zero-order valence-corrected chi connectivity index (χ0v) is 27.4. The van der Waals surface area contributed by atoms with Crippen LogP contribution in [0.5, 0.6) is 0 Å². The van der Waals surface area contributed by atoms with Gasteiger partial charge in [0.05, 0.1) is 44.3 Å². The molecule has 1 fully saturated rings. The van der Waals surface area contributed by atoms with Gasteiger partial charge in [-0.3, -0.25) is 9.78 Å². The van der Waals surface area contributed by atoms with Crippen molar-refractivity contribution in [1.29, 1.82) is 0 Å². The third-order valence-electron chi connectivity index (χ3n) is 9.84. The number of hydrogen-bond acceptors (Lipinski definition) is 8. The number of rotatable bonds is 7. The Morgan fingerprint density at radius 1 is 1.04 bits per heavy atom. The zero-order chi connectivity index (χ0) is 33.4. The third-order valence-corrected chi connectivity index (χ3v) is 11.4. The topological polar surface area (TPSA) is 117 Å². The number of benzene rings is 2. The predicted octanol–water partition coefficient (Wildman–Crippen LogP) is 7.81. The molecule has 2 atom stereocenters. The zero-order valence-electron chi connectivity index (χ0n) is 25.9. The average Bonchev–Trinajstić information content (AvgIpc) is 3.94. The van der Waals surface area contributed by atoms with Crippen LogP contribution in [0, 0.1) is 11.6 Å². The summed E-state index contributed by atoms with van der Waals surface area (Å²) in [5.74, 6) is -0.862. The van der Waals surface area contributed by atoms with Crippen LogP contribution in [0.4, 0.5) is 14.6 Å². The first-order valence-corrected chi connectivity index (χ1v) is 17.3. The fourth-order valence-corrected chi connectivity index (χ4v) is 9.03. The van der Waals surface area contributed by atoms with E-state index in [1.165, 1.54) is 29.5 Å². The molecule has 1 aliphatic carbocycles. The minimum absolute atomic E-state index is 0.0462. The Balaban J connectivity index is 1.21. The monoisotopic (exact) mass is 696 g/mol. The summed E-state index contributed by atoms with van der Waals surface area (Å²) in [7, 11) is 0. The van der Waals surface area contributed by atoms with Gasteiger partial charge in [0.25, 0.3) is 11.8 Å². The standard InChI is InChI=1S/C36H27ClF2N6O3S/c37-30-21-9-12-23(20(21)8-10-22(30)39)42-33-32-18(13-14-40-33)16-26(49-32)28-27(34-43-44-36(47)48-34)24(11-5-17-3-6-19(38)7-4-17)41-31-25-2-1-15-45(25)35(46)29(28)31/h3-4,6-8,10,13-14,16,23,25H,1-2,5,9,11-12,15H2,(H,40,42)(H,44,47)/t23-,25?/m1/s1. The molecule has 0 radical (unpaired) electrons. The highest BCUT2D eigenvalue weighted by Crippen LogP contribution is 2.50. The summed E-state index contributed by atoms with van der Waals surface area (Å²) in [6, 6.07) is 13.2. The van der Waals surface area contributed by atoms with Crippen LogP contribution >= 0.6 is 22.9 Å². The summed E-state index contributed by atoms with van der Waals surface area (Å²) < 4.78 is 34.3. The number of hydrogen-bond donors (Lipinski definition) is 2. The van der Waals surface area contributed by atoms with E-state index in [-0.39, 0.29) is 34.7 Å². The second kappa shape index (κ2) is 11.6. The number of nitrogens with zero attached hydrogens (tertiary/aromatic N) is 4. The Morgan fingerprint density at radius 3 is 2.71 bits per heavy atom. The first kappa shape index (κ1) is 30.1. The van der Waals surface area contributed by atoms with E-state index in [4.69, 9.17) is 26.0 Å². The van der Waals surface area contributed by atoms with Crippen molar-refractivity contribution >= 4 is 44.7 Å². The number of carbonyl (C=O) groups is 1. The van der Waals surface area contributed by atoms with Crippen LogP contribution in [-0.4, -0.2) is 37.5 Å². The van der Waals surface area contributed by atoms with E-state index in [2.05, 4.69) is 15.5 Å². The summed E-state index contributed by atoms with van der Waals surface area (Å²) in [4.78, 5) is 38.9. The molecule has 0 spiro atoms. The quantitative estimate of drug-likeness (QED) is 0.175. The fraction of sp³-hybridized carbons (Fsp3) is 0.250. The van der Waals surface area contributed by atoms with Crippen LogP contribution in [-0.2, 0) is 19.3 Å². The lowest BCUT2D eigenvalue weighted by atomic mass is 9.93. The molecule has 1 saturated heterocycles. The lowest BCUT2D eigenvalue weighted by Gasteiger charge is -2.16. The Bertz CT molecular complexity index is 2370. The van der Waals surface area contributed by atoms with Crippen molar-refractivity contribution in [1.82, 2.24) is 25.1 Å². The van der Waals surface area contributed by atoms with Gasteiger partial charge in [-0.25, -0.2) is 23.7 Å². The van der Waals surface area contributed by atoms with Crippen molar-refractivity contribution < 1.29 is 18.0 Å². The van der Waals surface area contributed by atoms with E-state index in [1.807, 2.05) is 17.0 Å². The number of thiophene rings is 1. The maximum absolute atomic E-state index is 14.2. The number of pyridine rings is 2. The van der Waals surface area contributed by atoms with E-state index in [0.29, 0.717) is 59.7 Å². The number of nitrogens with one attached hydrogen (secondary N) is 2. The highest BCUT2D eigenvalue weighted by molar-refractivity contribution is 7.23. The maximum atomic E-state index is 14.2. The van der Waals surface area contributed by atoms with Gasteiger partial charge in [-0.05, 0) is 90.9 Å². The highest BCUT2D eigenvalue weighted by atomic mass is 35.5. The minimum atomic E-state index is -0.721. The number of halogens is 3. The molecule has 1 amide bonds. The van der Waals surface area contributed by atoms with Gasteiger partial charge in [-0.1, -0.05) is 29.8 Å². The molecule has 2 aliphatic heterocycles. The van der Waals surface area contributed by atoms with Gasteiger partial charge in [-0.2, -0.15) is 0 Å². The van der Waals surface area contributed by atoms with Gasteiger partial charge >= 0.3 is 5.76 Å². The van der Waals surface area contributed by atoms with Crippen LogP contribution in [0.25, 0.3) is 32.0 Å². The highest BCUT2D eigenvalue weighted by Gasteiger charge is 2.45. The second-order valence-corrected chi connectivity index (χ2v) is 14.1. The molecule has 9 rings (SSSR count). The predicted molar refractivity (Wildman–Crippen MR) is 182 cm³/mol. The smallest absolute Gasteiger partial charge is 0.388 e. The van der Waals surface area contributed by atoms with Crippen LogP contribution < -0.4 is 11.1 Å². The van der Waals surface area contributed by atoms with E-state index in [0.717, 1.165) is 50.9 Å². The number of anilines is 1. The fourth-order valence-electron chi connectivity index (χ4n) is 7.60. The molecule has 49 heavy (non-hydrogen) atoms. The van der Waals surface area contributed by atoms with Gasteiger partial charge in [0.1, 0.15) is 17.5 Å². The van der Waals surface area contributed by atoms with E-state index >= 15 is 0 Å². The first-order chi connectivity index (χ1) is 23.8. The van der Waals surface area contributed by atoms with E-state index in [9.17, 15) is 18.4 Å². The molecule has 13 heteroatoms. The van der Waals surface area contributed by atoms with E-state index in [1.54, 1.807) is 24.4 Å². The van der Waals surface area contributed by atoms with Crippen LogP contribution in [0.2, 0.25) is 5.02 Å². The number of aromatic amines is 1. The molecule has 6 heterocycles. The maximum Gasteiger partial charge on any atom is 0.434 e. The van der Waals surface area contributed by atoms with Crippen LogP contribution in [0.1, 0.15) is 69.8 Å². The molecule has 0 bridgehead atoms.